The van der Waals surface area contributed by atoms with E-state index in [4.69, 9.17) is 37.9 Å². The lowest BCUT2D eigenvalue weighted by atomic mass is 9.70. The van der Waals surface area contributed by atoms with E-state index >= 15 is 4.79 Å². The number of rotatable bonds is 5. The van der Waals surface area contributed by atoms with Crippen LogP contribution in [0, 0.1) is 0 Å². The molecule has 0 amide bonds. The van der Waals surface area contributed by atoms with Gasteiger partial charge in [-0.1, -0.05) is 0 Å². The summed E-state index contributed by atoms with van der Waals surface area (Å²) in [6.45, 7) is -1.43. The second-order valence-electron chi connectivity index (χ2n) is 17.8. The molecule has 1 saturated heterocycles. The number of fused-ring (bicyclic) bond motifs is 4. The molecule has 0 aromatic heterocycles. The fraction of sp³-hybridized carbons (Fsp3) is 0.188. The first kappa shape index (κ1) is 52.6. The van der Waals surface area contributed by atoms with Crippen LogP contribution in [0.3, 0.4) is 0 Å². The molecule has 10 rings (SSSR count). The van der Waals surface area contributed by atoms with Gasteiger partial charge in [0.25, 0.3) is 5.79 Å². The first-order valence-electron chi connectivity index (χ1n) is 22.2. The van der Waals surface area contributed by atoms with Crippen molar-refractivity contribution in [2.75, 3.05) is 6.61 Å². The Balaban J connectivity index is 1.24. The molecule has 5 aromatic carbocycles. The molecule has 1 fully saturated rings. The number of aromatic carboxylic acids is 1. The molecule has 32 nitrogen and oxygen atoms in total. The number of hydrogen-bond donors (Lipinski definition) is 17. The number of benzene rings is 5. The number of ketones is 1. The molecular formula is C48H32O32. The van der Waals surface area contributed by atoms with Crippen LogP contribution >= 0.6 is 0 Å². The summed E-state index contributed by atoms with van der Waals surface area (Å²) < 4.78 is 44.8. The zero-order chi connectivity index (χ0) is 58.3. The average Bonchev–Trinajstić information content (AvgIpc) is 3.53. The van der Waals surface area contributed by atoms with E-state index < -0.39 is 238 Å². The monoisotopic (exact) mass is 1120 g/mol. The molecule has 0 saturated carbocycles. The van der Waals surface area contributed by atoms with Gasteiger partial charge in [-0.3, -0.25) is 4.79 Å². The summed E-state index contributed by atoms with van der Waals surface area (Å²) in [5, 5.41) is 184. The number of carboxylic acid groups (broad SMARTS) is 1. The van der Waals surface area contributed by atoms with Gasteiger partial charge in [-0.05, 0) is 36.4 Å². The maximum absolute atomic E-state index is 15.2. The van der Waals surface area contributed by atoms with Crippen molar-refractivity contribution >= 4 is 41.6 Å². The van der Waals surface area contributed by atoms with Crippen molar-refractivity contribution in [2.24, 2.45) is 0 Å². The van der Waals surface area contributed by atoms with E-state index in [9.17, 15) is 116 Å². The van der Waals surface area contributed by atoms with Gasteiger partial charge < -0.3 is 125 Å². The van der Waals surface area contributed by atoms with Crippen molar-refractivity contribution in [1.29, 1.82) is 0 Å². The number of phenols is 13. The Kier molecular flexibility index (Phi) is 11.8. The normalized spacial score (nSPS) is 23.5. The Morgan fingerprint density at radius 2 is 1.09 bits per heavy atom. The summed E-state index contributed by atoms with van der Waals surface area (Å²) in [6.07, 6.45) is -13.0. The molecule has 1 aliphatic carbocycles. The lowest BCUT2D eigenvalue weighted by molar-refractivity contribution is -0.339. The summed E-state index contributed by atoms with van der Waals surface area (Å²) in [7, 11) is 0. The molecule has 5 aromatic rings. The highest BCUT2D eigenvalue weighted by molar-refractivity contribution is 6.10. The number of carbonyl (C=O) groups is 7. The summed E-state index contributed by atoms with van der Waals surface area (Å²) in [4.78, 5) is 99.3. The SMILES string of the molecule is O=C1O[C@H]2[C@H](OC(=O)c3cc(O)c(O)c(O)c3)O[C@@H]3COC(=O)c4cc(O)c(O)c(O)c4-c4c(cc(O)c(O)c4Oc4c(C(=O)O)cc(O)c(O)c4O)C(=O)O[C@H]2[C@@H]3OC(=O)c2cc(O)c(O)c3c2C2C1=CC(=O)C(O)(O3)C2(O)O. The largest absolute Gasteiger partial charge is 0.504 e. The average molecular weight is 1120 g/mol. The lowest BCUT2D eigenvalue weighted by Gasteiger charge is -2.49. The molecule has 0 radical (unpaired) electrons. The third-order valence-corrected chi connectivity index (χ3v) is 13.1. The summed E-state index contributed by atoms with van der Waals surface area (Å²) in [5.74, 6) is -46.8. The maximum atomic E-state index is 15.2. The Labute approximate surface area is 438 Å². The minimum atomic E-state index is -4.08. The van der Waals surface area contributed by atoms with Gasteiger partial charge in [-0.15, -0.1) is 0 Å². The van der Waals surface area contributed by atoms with E-state index in [0.717, 1.165) is 0 Å². The molecule has 7 atom stereocenters. The highest BCUT2D eigenvalue weighted by Gasteiger charge is 2.70. The van der Waals surface area contributed by atoms with Crippen molar-refractivity contribution in [3.63, 3.8) is 0 Å². The highest BCUT2D eigenvalue weighted by Crippen LogP contribution is 2.60. The zero-order valence-corrected chi connectivity index (χ0v) is 38.9. The number of ether oxygens (including phenoxy) is 8. The van der Waals surface area contributed by atoms with Gasteiger partial charge in [0.1, 0.15) is 18.3 Å². The fourth-order valence-electron chi connectivity index (χ4n) is 9.33. The van der Waals surface area contributed by atoms with Crippen molar-refractivity contribution in [2.45, 2.75) is 48.2 Å². The van der Waals surface area contributed by atoms with Crippen LogP contribution in [0.15, 0.2) is 48.0 Å². The number of carbonyl (C=O) groups excluding carboxylic acids is 6. The predicted octanol–water partition coefficient (Wildman–Crippen LogP) is -0.200. The fourth-order valence-corrected chi connectivity index (χ4v) is 9.33. The van der Waals surface area contributed by atoms with Crippen molar-refractivity contribution in [3.05, 3.63) is 81.4 Å². The van der Waals surface area contributed by atoms with Crippen molar-refractivity contribution < 1.29 is 158 Å². The molecule has 0 spiro atoms. The standard InChI is InChI=1S/C48H32O32/c49-15-1-9(2-16(50)27(15)56)41(65)79-46-39-38-35(76-44(68)12-5-20(54)31(60)37-25(12)26-13(45(69)78-39)7-22(55)48(72,80-37)47(26,70)71)21(74-46)8-73-42(66)10-3-17(51)28(57)32(61)23(10)24-11(43(67)77-38)4-19(53)30(59)36(24)75-34-14(40(63)64)6-18(52)29(58)33(34)62/h1-7,21,26,35,38-39,46,49-54,56-62,70-72H,8H2,(H,63,64)/t21-,26?,35-,38+,39-,46+,48?/m1/s1. The van der Waals surface area contributed by atoms with Crippen LogP contribution in [0.4, 0.5) is 0 Å². The Hall–Kier alpha value is -10.8. The second kappa shape index (κ2) is 17.9. The number of hydrogen-bond acceptors (Lipinski definition) is 31. The van der Waals surface area contributed by atoms with E-state index in [1.54, 1.807) is 0 Å². The predicted molar refractivity (Wildman–Crippen MR) is 241 cm³/mol. The van der Waals surface area contributed by atoms with Crippen LogP contribution in [0.25, 0.3) is 11.1 Å². The minimum absolute atomic E-state index is 0.183. The van der Waals surface area contributed by atoms with Crippen LogP contribution in [0.2, 0.25) is 0 Å². The zero-order valence-electron chi connectivity index (χ0n) is 38.9. The van der Waals surface area contributed by atoms with E-state index in [0.29, 0.717) is 24.3 Å². The molecule has 80 heavy (non-hydrogen) atoms. The van der Waals surface area contributed by atoms with E-state index in [1.807, 2.05) is 0 Å². The van der Waals surface area contributed by atoms with Crippen LogP contribution in [-0.2, 0) is 38.0 Å². The number of phenolic OH excluding ortho intramolecular Hbond substituents is 13. The second-order valence-corrected chi connectivity index (χ2v) is 17.8. The van der Waals surface area contributed by atoms with E-state index in [-0.39, 0.29) is 18.2 Å². The quantitative estimate of drug-likeness (QED) is 0.0469. The van der Waals surface area contributed by atoms with Crippen LogP contribution < -0.4 is 9.47 Å². The number of esters is 5. The van der Waals surface area contributed by atoms with Gasteiger partial charge in [-0.2, -0.15) is 0 Å². The molecule has 4 aliphatic heterocycles. The van der Waals surface area contributed by atoms with Crippen molar-refractivity contribution in [1.82, 2.24) is 0 Å². The Morgan fingerprint density at radius 3 is 1.74 bits per heavy atom. The summed E-state index contributed by atoms with van der Waals surface area (Å²) >= 11 is 0. The molecule has 32 heteroatoms. The molecule has 416 valence electrons. The van der Waals surface area contributed by atoms with Crippen LogP contribution in [0.5, 0.6) is 92.0 Å². The van der Waals surface area contributed by atoms with Gasteiger partial charge in [0.15, 0.2) is 75.5 Å². The van der Waals surface area contributed by atoms with Gasteiger partial charge in [0.2, 0.25) is 46.9 Å². The van der Waals surface area contributed by atoms with E-state index in [2.05, 4.69) is 0 Å². The van der Waals surface area contributed by atoms with Gasteiger partial charge >= 0.3 is 41.6 Å². The lowest BCUT2D eigenvalue weighted by Crippen LogP contribution is -2.70. The molecule has 2 unspecified atom stereocenters. The molecule has 5 aliphatic rings. The van der Waals surface area contributed by atoms with Gasteiger partial charge in [0.05, 0.1) is 33.7 Å². The van der Waals surface area contributed by atoms with Gasteiger partial charge in [0, 0.05) is 22.8 Å². The third-order valence-electron chi connectivity index (χ3n) is 13.1. The maximum Gasteiger partial charge on any atom is 0.340 e. The molecule has 6 bridgehead atoms. The number of aliphatic hydroxyl groups is 3. The van der Waals surface area contributed by atoms with E-state index in [1.165, 1.54) is 0 Å². The number of cyclic esters (lactones) is 1. The van der Waals surface area contributed by atoms with Crippen LogP contribution in [0.1, 0.15) is 63.3 Å². The number of aromatic hydroxyl groups is 13. The first-order valence-corrected chi connectivity index (χ1v) is 22.2. The topological polar surface area (TPSA) is 537 Å². The number of carboxylic acids is 1. The highest BCUT2D eigenvalue weighted by atomic mass is 16.8. The Morgan fingerprint density at radius 1 is 0.550 bits per heavy atom. The summed E-state index contributed by atoms with van der Waals surface area (Å²) in [6, 6.07) is 2.22. The summed E-state index contributed by atoms with van der Waals surface area (Å²) in [5.41, 5.74) is -10.9. The first-order chi connectivity index (χ1) is 37.5. The van der Waals surface area contributed by atoms with Crippen molar-refractivity contribution in [3.8, 4) is 103 Å². The third kappa shape index (κ3) is 7.64. The molecule has 4 heterocycles. The smallest absolute Gasteiger partial charge is 0.340 e. The minimum Gasteiger partial charge on any atom is -0.504 e. The van der Waals surface area contributed by atoms with Crippen LogP contribution in [-0.4, -0.2) is 177 Å². The molecular weight excluding hydrogens is 1090 g/mol. The Bertz CT molecular complexity index is 3700. The van der Waals surface area contributed by atoms with Gasteiger partial charge in [-0.25, -0.2) is 28.8 Å². The molecule has 17 N–H and O–H groups in total.